The standard InChI is InChI=1S/C17H19ClN2O4S2/c18-12-5-3-11(4-6-12)8-20-13-9-26(22,23)10-15(13)25-17(20)19-16(21)14-2-1-7-24-14/h3-6,13-15H,1-2,7-10H2/t13-,14-,15+/m0/s1. The van der Waals surface area contributed by atoms with Crippen molar-refractivity contribution in [1.82, 2.24) is 4.90 Å². The predicted molar refractivity (Wildman–Crippen MR) is 102 cm³/mol. The molecule has 0 spiro atoms. The fourth-order valence-electron chi connectivity index (χ4n) is 3.55. The van der Waals surface area contributed by atoms with Crippen molar-refractivity contribution in [2.45, 2.75) is 36.8 Å². The van der Waals surface area contributed by atoms with Gasteiger partial charge in [0.05, 0.1) is 17.5 Å². The van der Waals surface area contributed by atoms with Gasteiger partial charge in [-0.1, -0.05) is 35.5 Å². The number of halogens is 1. The van der Waals surface area contributed by atoms with Gasteiger partial charge in [0, 0.05) is 23.4 Å². The zero-order chi connectivity index (χ0) is 18.3. The second-order valence-electron chi connectivity index (χ2n) is 6.79. The lowest BCUT2D eigenvalue weighted by atomic mass is 10.1. The quantitative estimate of drug-likeness (QED) is 0.754. The fraction of sp³-hybridized carbons (Fsp3) is 0.529. The smallest absolute Gasteiger partial charge is 0.277 e. The van der Waals surface area contributed by atoms with Crippen LogP contribution in [0.2, 0.25) is 5.02 Å². The summed E-state index contributed by atoms with van der Waals surface area (Å²) in [6, 6.07) is 7.26. The number of benzene rings is 1. The van der Waals surface area contributed by atoms with Crippen LogP contribution in [-0.2, 0) is 25.9 Å². The van der Waals surface area contributed by atoms with Gasteiger partial charge in [-0.15, -0.1) is 0 Å². The number of aliphatic imine (C=N–C) groups is 1. The van der Waals surface area contributed by atoms with Crippen molar-refractivity contribution < 1.29 is 17.9 Å². The number of hydrogen-bond donors (Lipinski definition) is 0. The van der Waals surface area contributed by atoms with E-state index in [1.807, 2.05) is 17.0 Å². The number of hydrogen-bond acceptors (Lipinski definition) is 5. The minimum atomic E-state index is -3.05. The summed E-state index contributed by atoms with van der Waals surface area (Å²) in [7, 11) is -3.05. The van der Waals surface area contributed by atoms with Crippen molar-refractivity contribution in [1.29, 1.82) is 0 Å². The highest BCUT2D eigenvalue weighted by atomic mass is 35.5. The molecule has 26 heavy (non-hydrogen) atoms. The number of ether oxygens (including phenoxy) is 1. The van der Waals surface area contributed by atoms with Crippen LogP contribution >= 0.6 is 23.4 Å². The summed E-state index contributed by atoms with van der Waals surface area (Å²) in [5.41, 5.74) is 0.997. The Balaban J connectivity index is 1.59. The number of amidine groups is 1. The van der Waals surface area contributed by atoms with E-state index in [4.69, 9.17) is 16.3 Å². The van der Waals surface area contributed by atoms with Crippen molar-refractivity contribution in [3.8, 4) is 0 Å². The molecule has 0 bridgehead atoms. The summed E-state index contributed by atoms with van der Waals surface area (Å²) >= 11 is 7.34. The van der Waals surface area contributed by atoms with E-state index in [0.29, 0.717) is 29.8 Å². The first-order valence-corrected chi connectivity index (χ1v) is 11.6. The Kier molecular flexibility index (Phi) is 5.02. The molecule has 1 aromatic carbocycles. The summed E-state index contributed by atoms with van der Waals surface area (Å²) < 4.78 is 29.5. The van der Waals surface area contributed by atoms with Crippen LogP contribution in [0.5, 0.6) is 0 Å². The maximum atomic E-state index is 12.4. The molecule has 1 amide bonds. The Bertz CT molecular complexity index is 835. The molecule has 3 saturated heterocycles. The maximum Gasteiger partial charge on any atom is 0.277 e. The average molecular weight is 415 g/mol. The van der Waals surface area contributed by atoms with Crippen LogP contribution < -0.4 is 0 Å². The summed E-state index contributed by atoms with van der Waals surface area (Å²) in [4.78, 5) is 18.7. The van der Waals surface area contributed by atoms with Gasteiger partial charge in [-0.25, -0.2) is 8.42 Å². The molecule has 3 aliphatic heterocycles. The third-order valence-corrected chi connectivity index (χ3v) is 8.35. The van der Waals surface area contributed by atoms with Gasteiger partial charge in [-0.2, -0.15) is 4.99 Å². The van der Waals surface area contributed by atoms with Gasteiger partial charge >= 0.3 is 0 Å². The van der Waals surface area contributed by atoms with Crippen molar-refractivity contribution in [2.75, 3.05) is 18.1 Å². The highest BCUT2D eigenvalue weighted by Crippen LogP contribution is 2.39. The Labute approximate surface area is 161 Å². The SMILES string of the molecule is O=C(N=C1S[C@@H]2CS(=O)(=O)C[C@@H]2N1Cc1ccc(Cl)cc1)[C@@H]1CCCO1. The Hall–Kier alpha value is -1.09. The van der Waals surface area contributed by atoms with Crippen LogP contribution in [0.1, 0.15) is 18.4 Å². The second-order valence-corrected chi connectivity index (χ2v) is 10.6. The Morgan fingerprint density at radius 1 is 1.31 bits per heavy atom. The molecule has 0 radical (unpaired) electrons. The number of amides is 1. The second kappa shape index (κ2) is 7.14. The van der Waals surface area contributed by atoms with Gasteiger partial charge in [0.1, 0.15) is 6.10 Å². The highest BCUT2D eigenvalue weighted by Gasteiger charge is 2.48. The molecule has 1 aromatic rings. The minimum absolute atomic E-state index is 0.0802. The van der Waals surface area contributed by atoms with E-state index in [0.717, 1.165) is 12.0 Å². The van der Waals surface area contributed by atoms with Crippen molar-refractivity contribution in [2.24, 2.45) is 4.99 Å². The topological polar surface area (TPSA) is 76.0 Å². The van der Waals surface area contributed by atoms with E-state index < -0.39 is 15.9 Å². The van der Waals surface area contributed by atoms with Crippen LogP contribution in [-0.4, -0.2) is 59.9 Å². The molecule has 140 valence electrons. The molecule has 0 aromatic heterocycles. The van der Waals surface area contributed by atoms with E-state index >= 15 is 0 Å². The maximum absolute atomic E-state index is 12.4. The molecule has 0 unspecified atom stereocenters. The first-order chi connectivity index (χ1) is 12.4. The number of rotatable bonds is 3. The molecule has 0 saturated carbocycles. The third kappa shape index (κ3) is 3.78. The summed E-state index contributed by atoms with van der Waals surface area (Å²) in [5, 5.41) is 1.17. The van der Waals surface area contributed by atoms with Gasteiger partial charge in [0.2, 0.25) is 0 Å². The summed E-state index contributed by atoms with van der Waals surface area (Å²) in [5.74, 6) is -0.0354. The highest BCUT2D eigenvalue weighted by molar-refractivity contribution is 8.15. The van der Waals surface area contributed by atoms with Crippen LogP contribution in [0.3, 0.4) is 0 Å². The van der Waals surface area contributed by atoms with Gasteiger partial charge in [0.15, 0.2) is 15.0 Å². The van der Waals surface area contributed by atoms with Gasteiger partial charge in [-0.3, -0.25) is 4.79 Å². The Morgan fingerprint density at radius 3 is 2.77 bits per heavy atom. The van der Waals surface area contributed by atoms with Crippen LogP contribution in [0.15, 0.2) is 29.3 Å². The number of carbonyl (C=O) groups is 1. The molecule has 3 heterocycles. The molecule has 3 atom stereocenters. The molecule has 0 N–H and O–H groups in total. The van der Waals surface area contributed by atoms with Crippen molar-refractivity contribution in [3.05, 3.63) is 34.9 Å². The summed E-state index contributed by atoms with van der Waals surface area (Å²) in [6.07, 6.45) is 1.09. The monoisotopic (exact) mass is 414 g/mol. The normalized spacial score (nSPS) is 31.5. The molecular formula is C17H19ClN2O4S2. The lowest BCUT2D eigenvalue weighted by Gasteiger charge is -2.24. The Morgan fingerprint density at radius 2 is 2.08 bits per heavy atom. The summed E-state index contributed by atoms with van der Waals surface area (Å²) in [6.45, 7) is 1.09. The molecule has 0 aliphatic carbocycles. The molecule has 6 nitrogen and oxygen atoms in total. The first-order valence-electron chi connectivity index (χ1n) is 8.53. The van der Waals surface area contributed by atoms with Crippen molar-refractivity contribution in [3.63, 3.8) is 0 Å². The van der Waals surface area contributed by atoms with Gasteiger partial charge in [0.25, 0.3) is 5.91 Å². The number of sulfone groups is 1. The lowest BCUT2D eigenvalue weighted by molar-refractivity contribution is -0.126. The largest absolute Gasteiger partial charge is 0.368 e. The molecular weight excluding hydrogens is 396 g/mol. The molecule has 3 aliphatic rings. The fourth-order valence-corrected chi connectivity index (χ4v) is 7.63. The first kappa shape index (κ1) is 18.3. The predicted octanol–water partition coefficient (Wildman–Crippen LogP) is 2.12. The minimum Gasteiger partial charge on any atom is -0.368 e. The van der Waals surface area contributed by atoms with E-state index in [1.54, 1.807) is 12.1 Å². The third-order valence-electron chi connectivity index (χ3n) is 4.85. The van der Waals surface area contributed by atoms with E-state index in [1.165, 1.54) is 11.8 Å². The van der Waals surface area contributed by atoms with Crippen LogP contribution in [0.4, 0.5) is 0 Å². The van der Waals surface area contributed by atoms with E-state index in [-0.39, 0.29) is 28.7 Å². The van der Waals surface area contributed by atoms with E-state index in [9.17, 15) is 13.2 Å². The average Bonchev–Trinajstić information content (AvgIpc) is 3.27. The lowest BCUT2D eigenvalue weighted by Crippen LogP contribution is -2.37. The number of carbonyl (C=O) groups excluding carboxylic acids is 1. The van der Waals surface area contributed by atoms with Gasteiger partial charge < -0.3 is 9.64 Å². The number of thioether (sulfide) groups is 1. The molecule has 4 rings (SSSR count). The van der Waals surface area contributed by atoms with Crippen LogP contribution in [0, 0.1) is 0 Å². The zero-order valence-electron chi connectivity index (χ0n) is 14.0. The zero-order valence-corrected chi connectivity index (χ0v) is 16.4. The van der Waals surface area contributed by atoms with Gasteiger partial charge in [-0.05, 0) is 30.5 Å². The number of nitrogens with zero attached hydrogens (tertiary/aromatic N) is 2. The molecule has 9 heteroatoms. The number of fused-ring (bicyclic) bond motifs is 1. The molecule has 3 fully saturated rings. The van der Waals surface area contributed by atoms with E-state index in [2.05, 4.69) is 4.99 Å². The van der Waals surface area contributed by atoms with Crippen LogP contribution in [0.25, 0.3) is 0 Å². The van der Waals surface area contributed by atoms with Crippen molar-refractivity contribution >= 4 is 44.3 Å².